The van der Waals surface area contributed by atoms with Crippen LogP contribution in [0.25, 0.3) is 11.4 Å². The highest BCUT2D eigenvalue weighted by molar-refractivity contribution is 5.55. The summed E-state index contributed by atoms with van der Waals surface area (Å²) in [5, 5.41) is 0. The average Bonchev–Trinajstić information content (AvgIpc) is 2.74. The lowest BCUT2D eigenvalue weighted by Crippen LogP contribution is -2.37. The molecule has 1 aromatic carbocycles. The Morgan fingerprint density at radius 1 is 0.900 bits per heavy atom. The van der Waals surface area contributed by atoms with Crippen LogP contribution in [0.2, 0.25) is 0 Å². The second-order valence-electron chi connectivity index (χ2n) is 7.32. The molecule has 1 aromatic heterocycles. The smallest absolute Gasteiger partial charge is 0.417 e. The van der Waals surface area contributed by atoms with Gasteiger partial charge in [0.1, 0.15) is 12.4 Å². The fourth-order valence-corrected chi connectivity index (χ4v) is 2.87. The number of benzene rings is 1. The van der Waals surface area contributed by atoms with E-state index in [1.54, 1.807) is 24.3 Å². The van der Waals surface area contributed by atoms with Crippen molar-refractivity contribution in [2.75, 3.05) is 13.2 Å². The molecule has 0 radical (unpaired) electrons. The molecular formula is C23H31F3N2O2. The molecule has 4 nitrogen and oxygen atoms in total. The summed E-state index contributed by atoms with van der Waals surface area (Å²) in [5.74, 6) is 0.926. The Labute approximate surface area is 176 Å². The first-order valence-corrected chi connectivity index (χ1v) is 10.7. The van der Waals surface area contributed by atoms with Crippen molar-refractivity contribution in [3.05, 3.63) is 42.2 Å². The molecule has 1 heterocycles. The van der Waals surface area contributed by atoms with E-state index in [4.69, 9.17) is 9.47 Å². The number of hydrogen-bond acceptors (Lipinski definition) is 4. The van der Waals surface area contributed by atoms with E-state index in [-0.39, 0.29) is 6.61 Å². The van der Waals surface area contributed by atoms with Crippen LogP contribution in [0, 0.1) is 0 Å². The third-order valence-electron chi connectivity index (χ3n) is 4.72. The van der Waals surface area contributed by atoms with Gasteiger partial charge in [-0.2, -0.15) is 13.2 Å². The maximum absolute atomic E-state index is 13.1. The highest BCUT2D eigenvalue weighted by Gasteiger charge is 2.41. The van der Waals surface area contributed by atoms with Crippen LogP contribution in [0.1, 0.15) is 57.9 Å². The number of hydrogen-bond donors (Lipinski definition) is 0. The Morgan fingerprint density at radius 2 is 1.57 bits per heavy atom. The van der Waals surface area contributed by atoms with E-state index in [1.807, 2.05) is 19.3 Å². The van der Waals surface area contributed by atoms with Gasteiger partial charge < -0.3 is 9.47 Å². The van der Waals surface area contributed by atoms with Crippen molar-refractivity contribution in [2.45, 2.75) is 71.1 Å². The second kappa shape index (κ2) is 12.5. The predicted molar refractivity (Wildman–Crippen MR) is 112 cm³/mol. The van der Waals surface area contributed by atoms with E-state index >= 15 is 0 Å². The number of ether oxygens (including phenoxy) is 2. The molecular weight excluding hydrogens is 393 g/mol. The summed E-state index contributed by atoms with van der Waals surface area (Å²) in [5.41, 5.74) is 1.89. The zero-order chi connectivity index (χ0) is 21.8. The molecule has 1 atom stereocenters. The van der Waals surface area contributed by atoms with E-state index in [1.165, 1.54) is 19.3 Å². The molecule has 0 aliphatic heterocycles. The average molecular weight is 425 g/mol. The van der Waals surface area contributed by atoms with Crippen molar-refractivity contribution in [3.8, 4) is 17.1 Å². The van der Waals surface area contributed by atoms with Crippen molar-refractivity contribution >= 4 is 0 Å². The van der Waals surface area contributed by atoms with Crippen LogP contribution in [0.4, 0.5) is 13.2 Å². The molecule has 0 bridgehead atoms. The Bertz CT molecular complexity index is 719. The first kappa shape index (κ1) is 24.1. The van der Waals surface area contributed by atoms with Crippen molar-refractivity contribution in [1.29, 1.82) is 0 Å². The number of halogens is 3. The lowest BCUT2D eigenvalue weighted by molar-refractivity contribution is -0.227. The van der Waals surface area contributed by atoms with Crippen LogP contribution in [0.15, 0.2) is 36.7 Å². The standard InChI is InChI=1S/C23H31F3N2O2/c1-3-5-7-8-9-18-15-27-22(28-16-18)19-10-12-20(13-11-19)30-17-21(23(24,25)26)29-14-6-4-2/h10-13,15-16,21H,3-9,14,17H2,1-2H3. The van der Waals surface area contributed by atoms with Gasteiger partial charge in [0.05, 0.1) is 0 Å². The fraction of sp³-hybridized carbons (Fsp3) is 0.565. The Hall–Kier alpha value is -2.15. The molecule has 0 saturated carbocycles. The molecule has 166 valence electrons. The Balaban J connectivity index is 1.89. The summed E-state index contributed by atoms with van der Waals surface area (Å²) in [7, 11) is 0. The Morgan fingerprint density at radius 3 is 2.17 bits per heavy atom. The van der Waals surface area contributed by atoms with Crippen LogP contribution in [-0.2, 0) is 11.2 Å². The lowest BCUT2D eigenvalue weighted by Gasteiger charge is -2.21. The summed E-state index contributed by atoms with van der Waals surface area (Å²) in [6.45, 7) is 3.57. The highest BCUT2D eigenvalue weighted by atomic mass is 19.4. The molecule has 30 heavy (non-hydrogen) atoms. The molecule has 0 N–H and O–H groups in total. The van der Waals surface area contributed by atoms with E-state index in [0.29, 0.717) is 18.0 Å². The number of aromatic nitrogens is 2. The number of unbranched alkanes of at least 4 members (excludes halogenated alkanes) is 4. The van der Waals surface area contributed by atoms with Crippen LogP contribution >= 0.6 is 0 Å². The first-order valence-electron chi connectivity index (χ1n) is 10.7. The predicted octanol–water partition coefficient (Wildman–Crippen LogP) is 6.39. The minimum atomic E-state index is -4.46. The third kappa shape index (κ3) is 8.30. The highest BCUT2D eigenvalue weighted by Crippen LogP contribution is 2.25. The van der Waals surface area contributed by atoms with Crippen molar-refractivity contribution in [2.24, 2.45) is 0 Å². The molecule has 0 aliphatic carbocycles. The second-order valence-corrected chi connectivity index (χ2v) is 7.32. The van der Waals surface area contributed by atoms with Crippen molar-refractivity contribution in [1.82, 2.24) is 9.97 Å². The maximum atomic E-state index is 13.1. The van der Waals surface area contributed by atoms with E-state index in [2.05, 4.69) is 16.9 Å². The van der Waals surface area contributed by atoms with Gasteiger partial charge in [0.25, 0.3) is 0 Å². The molecule has 0 fully saturated rings. The number of aryl methyl sites for hydroxylation is 1. The Kier molecular flexibility index (Phi) is 10.1. The summed E-state index contributed by atoms with van der Waals surface area (Å²) in [4.78, 5) is 8.81. The van der Waals surface area contributed by atoms with E-state index in [0.717, 1.165) is 30.4 Å². The minimum Gasteiger partial charge on any atom is -0.491 e. The van der Waals surface area contributed by atoms with E-state index in [9.17, 15) is 13.2 Å². The summed E-state index contributed by atoms with van der Waals surface area (Å²) in [6, 6.07) is 6.73. The quantitative estimate of drug-likeness (QED) is 0.349. The number of alkyl halides is 3. The molecule has 0 amide bonds. The molecule has 2 aromatic rings. The summed E-state index contributed by atoms with van der Waals surface area (Å²) >= 11 is 0. The molecule has 0 saturated heterocycles. The first-order chi connectivity index (χ1) is 14.4. The van der Waals surface area contributed by atoms with Gasteiger partial charge in [-0.3, -0.25) is 0 Å². The fourth-order valence-electron chi connectivity index (χ4n) is 2.87. The molecule has 1 unspecified atom stereocenters. The zero-order valence-electron chi connectivity index (χ0n) is 17.8. The van der Waals surface area contributed by atoms with Gasteiger partial charge in [-0.25, -0.2) is 9.97 Å². The molecule has 0 aliphatic rings. The van der Waals surface area contributed by atoms with Gasteiger partial charge in [0.15, 0.2) is 11.9 Å². The molecule has 0 spiro atoms. The van der Waals surface area contributed by atoms with Gasteiger partial charge in [-0.05, 0) is 49.1 Å². The number of nitrogens with zero attached hydrogens (tertiary/aromatic N) is 2. The SMILES string of the molecule is CCCCCCc1cnc(-c2ccc(OCC(OCCCC)C(F)(F)F)cc2)nc1. The summed E-state index contributed by atoms with van der Waals surface area (Å²) in [6.07, 6.45) is 4.38. The minimum absolute atomic E-state index is 0.0644. The van der Waals surface area contributed by atoms with Gasteiger partial charge in [0.2, 0.25) is 0 Å². The van der Waals surface area contributed by atoms with Gasteiger partial charge in [-0.15, -0.1) is 0 Å². The lowest BCUT2D eigenvalue weighted by atomic mass is 10.1. The molecule has 2 rings (SSSR count). The third-order valence-corrected chi connectivity index (χ3v) is 4.72. The zero-order valence-corrected chi connectivity index (χ0v) is 17.8. The summed E-state index contributed by atoms with van der Waals surface area (Å²) < 4.78 is 49.4. The van der Waals surface area contributed by atoms with Crippen LogP contribution < -0.4 is 4.74 Å². The van der Waals surface area contributed by atoms with Gasteiger partial charge >= 0.3 is 6.18 Å². The van der Waals surface area contributed by atoms with Crippen molar-refractivity contribution < 1.29 is 22.6 Å². The van der Waals surface area contributed by atoms with Gasteiger partial charge in [-0.1, -0.05) is 39.5 Å². The topological polar surface area (TPSA) is 44.2 Å². The van der Waals surface area contributed by atoms with Crippen LogP contribution in [0.5, 0.6) is 5.75 Å². The normalized spacial score (nSPS) is 12.7. The van der Waals surface area contributed by atoms with Crippen LogP contribution in [0.3, 0.4) is 0 Å². The number of rotatable bonds is 13. The van der Waals surface area contributed by atoms with Crippen molar-refractivity contribution in [3.63, 3.8) is 0 Å². The van der Waals surface area contributed by atoms with Crippen LogP contribution in [-0.4, -0.2) is 35.5 Å². The van der Waals surface area contributed by atoms with Gasteiger partial charge in [0, 0.05) is 24.6 Å². The maximum Gasteiger partial charge on any atom is 0.417 e. The van der Waals surface area contributed by atoms with E-state index < -0.39 is 18.9 Å². The monoisotopic (exact) mass is 424 g/mol. The molecule has 7 heteroatoms. The largest absolute Gasteiger partial charge is 0.491 e.